The molecule has 1 rings (SSSR count). The van der Waals surface area contributed by atoms with Gasteiger partial charge in [-0.05, 0) is 18.9 Å². The normalized spacial score (nSPS) is 13.5. The summed E-state index contributed by atoms with van der Waals surface area (Å²) in [6.07, 6.45) is -1.16. The van der Waals surface area contributed by atoms with Crippen LogP contribution in [0.4, 0.5) is 4.79 Å². The van der Waals surface area contributed by atoms with Crippen molar-refractivity contribution >= 4 is 23.9 Å². The Morgan fingerprint density at radius 2 is 1.69 bits per heavy atom. The van der Waals surface area contributed by atoms with Crippen LogP contribution >= 0.6 is 0 Å². The van der Waals surface area contributed by atoms with Gasteiger partial charge in [-0.3, -0.25) is 9.59 Å². The third kappa shape index (κ3) is 8.60. The highest BCUT2D eigenvalue weighted by atomic mass is 16.5. The predicted molar refractivity (Wildman–Crippen MR) is 101 cm³/mol. The molecule has 0 saturated heterocycles. The molecule has 0 aromatic heterocycles. The van der Waals surface area contributed by atoms with Crippen molar-refractivity contribution in [1.29, 1.82) is 0 Å². The lowest BCUT2D eigenvalue weighted by atomic mass is 10.0. The first-order valence-corrected chi connectivity index (χ1v) is 9.06. The molecular formula is C19H26N2O8. The number of carbonyl (C=O) groups excluding carboxylic acids is 3. The van der Waals surface area contributed by atoms with Gasteiger partial charge in [-0.25, -0.2) is 9.59 Å². The molecule has 1 aromatic rings. The maximum atomic E-state index is 12.3. The Hall–Kier alpha value is -3.14. The number of amides is 2. The van der Waals surface area contributed by atoms with Gasteiger partial charge in [0, 0.05) is 0 Å². The zero-order valence-electron chi connectivity index (χ0n) is 16.3. The summed E-state index contributed by atoms with van der Waals surface area (Å²) in [5.41, 5.74) is 0.728. The predicted octanol–water partition coefficient (Wildman–Crippen LogP) is 0.432. The van der Waals surface area contributed by atoms with Crippen molar-refractivity contribution in [2.45, 2.75) is 39.0 Å². The minimum absolute atomic E-state index is 0.0404. The fourth-order valence-electron chi connectivity index (χ4n) is 2.33. The molecule has 3 atom stereocenters. The second-order valence-electron chi connectivity index (χ2n) is 6.23. The van der Waals surface area contributed by atoms with Gasteiger partial charge in [0.1, 0.15) is 18.7 Å². The molecule has 0 heterocycles. The summed E-state index contributed by atoms with van der Waals surface area (Å²) in [5.74, 6) is -3.65. The molecule has 0 fully saturated rings. The van der Waals surface area contributed by atoms with E-state index in [2.05, 4.69) is 10.6 Å². The van der Waals surface area contributed by atoms with Crippen LogP contribution in [0.3, 0.4) is 0 Å². The summed E-state index contributed by atoms with van der Waals surface area (Å²) in [4.78, 5) is 47.2. The first-order chi connectivity index (χ1) is 13.8. The number of nitrogens with one attached hydrogen (secondary N) is 2. The highest BCUT2D eigenvalue weighted by molar-refractivity contribution is 5.89. The second kappa shape index (κ2) is 12.3. The average Bonchev–Trinajstić information content (AvgIpc) is 2.70. The zero-order chi connectivity index (χ0) is 21.8. The lowest BCUT2D eigenvalue weighted by molar-refractivity contribution is -0.149. The van der Waals surface area contributed by atoms with Crippen LogP contribution in [-0.4, -0.2) is 59.4 Å². The van der Waals surface area contributed by atoms with Gasteiger partial charge >= 0.3 is 18.0 Å². The Labute approximate surface area is 168 Å². The van der Waals surface area contributed by atoms with Gasteiger partial charge < -0.3 is 30.3 Å². The minimum atomic E-state index is -1.42. The molecule has 0 radical (unpaired) electrons. The number of aliphatic hydroxyl groups excluding tert-OH is 1. The topological polar surface area (TPSA) is 151 Å². The van der Waals surface area contributed by atoms with Crippen molar-refractivity contribution in [2.75, 3.05) is 13.2 Å². The second-order valence-corrected chi connectivity index (χ2v) is 6.23. The van der Waals surface area contributed by atoms with Gasteiger partial charge in [-0.1, -0.05) is 37.3 Å². The van der Waals surface area contributed by atoms with E-state index in [0.717, 1.165) is 5.56 Å². The van der Waals surface area contributed by atoms with Crippen molar-refractivity contribution in [3.05, 3.63) is 35.9 Å². The van der Waals surface area contributed by atoms with E-state index < -0.39 is 48.5 Å². The Balaban J connectivity index is 2.60. The monoisotopic (exact) mass is 410 g/mol. The van der Waals surface area contributed by atoms with Gasteiger partial charge in [-0.2, -0.15) is 0 Å². The lowest BCUT2D eigenvalue weighted by Gasteiger charge is -2.21. The molecule has 0 unspecified atom stereocenters. The number of rotatable bonds is 11. The Kier molecular flexibility index (Phi) is 10.2. The van der Waals surface area contributed by atoms with Crippen molar-refractivity contribution in [2.24, 2.45) is 5.92 Å². The van der Waals surface area contributed by atoms with Gasteiger partial charge in [-0.15, -0.1) is 0 Å². The highest BCUT2D eigenvalue weighted by Gasteiger charge is 2.29. The van der Waals surface area contributed by atoms with E-state index in [1.54, 1.807) is 37.3 Å². The summed E-state index contributed by atoms with van der Waals surface area (Å²) in [7, 11) is 0. The minimum Gasteiger partial charge on any atom is -0.480 e. The Morgan fingerprint density at radius 3 is 2.24 bits per heavy atom. The summed E-state index contributed by atoms with van der Waals surface area (Å²) in [5, 5.41) is 23.0. The number of carboxylic acids is 1. The Bertz CT molecular complexity index is 695. The van der Waals surface area contributed by atoms with E-state index in [0.29, 0.717) is 0 Å². The van der Waals surface area contributed by atoms with Gasteiger partial charge in [0.05, 0.1) is 19.1 Å². The number of hydrogen-bond donors (Lipinski definition) is 4. The molecule has 0 bridgehead atoms. The van der Waals surface area contributed by atoms with Gasteiger partial charge in [0.2, 0.25) is 5.91 Å². The fourth-order valence-corrected chi connectivity index (χ4v) is 2.33. The molecular weight excluding hydrogens is 384 g/mol. The van der Waals surface area contributed by atoms with Crippen molar-refractivity contribution in [3.63, 3.8) is 0 Å². The van der Waals surface area contributed by atoms with Gasteiger partial charge in [0.15, 0.2) is 0 Å². The number of alkyl carbamates (subject to hydrolysis) is 1. The number of aliphatic hydroxyl groups is 1. The number of hydrogen-bond acceptors (Lipinski definition) is 7. The number of carboxylic acid groups (broad SMARTS) is 1. The third-order valence-electron chi connectivity index (χ3n) is 3.90. The van der Waals surface area contributed by atoms with Crippen LogP contribution in [0.2, 0.25) is 0 Å². The standard InChI is InChI=1S/C19H26N2O8/c1-3-28-18(26)12(2)9-14(17(24)25)20-16(23)15(10-22)21-19(27)29-11-13-7-5-4-6-8-13/h4-8,12,14-15,22H,3,9-11H2,1-2H3,(H,20,23)(H,21,27)(H,24,25)/t12-,14+,15+/m1/s1. The molecule has 0 aliphatic rings. The quantitative estimate of drug-likeness (QED) is 0.384. The molecule has 1 aromatic carbocycles. The van der Waals surface area contributed by atoms with Crippen LogP contribution < -0.4 is 10.6 Å². The molecule has 10 nitrogen and oxygen atoms in total. The van der Waals surface area contributed by atoms with E-state index in [4.69, 9.17) is 9.47 Å². The molecule has 0 aliphatic heterocycles. The first-order valence-electron chi connectivity index (χ1n) is 9.06. The van der Waals surface area contributed by atoms with E-state index in [1.165, 1.54) is 6.92 Å². The molecule has 2 amide bonds. The summed E-state index contributed by atoms with van der Waals surface area (Å²) in [6.45, 7) is 2.43. The number of ether oxygens (including phenoxy) is 2. The van der Waals surface area contributed by atoms with Crippen LogP contribution in [0.1, 0.15) is 25.8 Å². The Morgan fingerprint density at radius 1 is 1.03 bits per heavy atom. The van der Waals surface area contributed by atoms with E-state index in [9.17, 15) is 29.4 Å². The molecule has 10 heteroatoms. The molecule has 4 N–H and O–H groups in total. The summed E-state index contributed by atoms with van der Waals surface area (Å²) in [6, 6.07) is 6.00. The van der Waals surface area contributed by atoms with E-state index in [-0.39, 0.29) is 19.6 Å². The van der Waals surface area contributed by atoms with E-state index in [1.807, 2.05) is 0 Å². The maximum absolute atomic E-state index is 12.3. The molecule has 0 saturated carbocycles. The largest absolute Gasteiger partial charge is 0.480 e. The maximum Gasteiger partial charge on any atom is 0.408 e. The summed E-state index contributed by atoms with van der Waals surface area (Å²) >= 11 is 0. The van der Waals surface area contributed by atoms with Crippen molar-refractivity contribution in [3.8, 4) is 0 Å². The van der Waals surface area contributed by atoms with Crippen LogP contribution in [-0.2, 0) is 30.5 Å². The number of esters is 1. The number of benzene rings is 1. The van der Waals surface area contributed by atoms with Crippen LogP contribution in [0.5, 0.6) is 0 Å². The SMILES string of the molecule is CCOC(=O)[C@H](C)C[C@H](NC(=O)[C@H](CO)NC(=O)OCc1ccccc1)C(=O)O. The smallest absolute Gasteiger partial charge is 0.408 e. The van der Waals surface area contributed by atoms with E-state index >= 15 is 0 Å². The highest BCUT2D eigenvalue weighted by Crippen LogP contribution is 2.09. The number of carbonyl (C=O) groups is 4. The van der Waals surface area contributed by atoms with Crippen LogP contribution in [0.25, 0.3) is 0 Å². The molecule has 29 heavy (non-hydrogen) atoms. The van der Waals surface area contributed by atoms with Crippen LogP contribution in [0, 0.1) is 5.92 Å². The molecule has 0 aliphatic carbocycles. The first kappa shape index (κ1) is 23.9. The zero-order valence-corrected chi connectivity index (χ0v) is 16.3. The van der Waals surface area contributed by atoms with Gasteiger partial charge in [0.25, 0.3) is 0 Å². The molecule has 0 spiro atoms. The number of aliphatic carboxylic acids is 1. The summed E-state index contributed by atoms with van der Waals surface area (Å²) < 4.78 is 9.78. The van der Waals surface area contributed by atoms with Crippen LogP contribution in [0.15, 0.2) is 30.3 Å². The average molecular weight is 410 g/mol. The lowest BCUT2D eigenvalue weighted by Crippen LogP contribution is -2.53. The van der Waals surface area contributed by atoms with Crippen molar-refractivity contribution in [1.82, 2.24) is 10.6 Å². The van der Waals surface area contributed by atoms with Crippen molar-refractivity contribution < 1.29 is 38.9 Å². The fraction of sp³-hybridized carbons (Fsp3) is 0.474. The third-order valence-corrected chi connectivity index (χ3v) is 3.90. The molecule has 160 valence electrons.